The number of rotatable bonds is 3. The van der Waals surface area contributed by atoms with E-state index in [4.69, 9.17) is 4.74 Å². The van der Waals surface area contributed by atoms with Gasteiger partial charge in [-0.25, -0.2) is 0 Å². The van der Waals surface area contributed by atoms with E-state index in [-0.39, 0.29) is 0 Å². The van der Waals surface area contributed by atoms with E-state index in [0.29, 0.717) is 6.04 Å². The molecule has 0 aromatic heterocycles. The lowest BCUT2D eigenvalue weighted by atomic mass is 10.0. The van der Waals surface area contributed by atoms with Crippen LogP contribution in [0, 0.1) is 0 Å². The minimum Gasteiger partial charge on any atom is -0.496 e. The number of ether oxygens (including phenoxy) is 1. The molecule has 1 aliphatic rings. The first-order chi connectivity index (χ1) is 7.76. The predicted octanol–water partition coefficient (Wildman–Crippen LogP) is 3.44. The van der Waals surface area contributed by atoms with Gasteiger partial charge in [-0.1, -0.05) is 22.9 Å². The Bertz CT molecular complexity index is 372. The van der Waals surface area contributed by atoms with Crippen molar-refractivity contribution in [1.29, 1.82) is 0 Å². The van der Waals surface area contributed by atoms with Gasteiger partial charge in [0.2, 0.25) is 0 Å². The molecule has 1 heterocycles. The van der Waals surface area contributed by atoms with Crippen molar-refractivity contribution in [2.75, 3.05) is 13.7 Å². The third kappa shape index (κ3) is 2.25. The molecule has 2 rings (SSSR count). The lowest BCUT2D eigenvalue weighted by Crippen LogP contribution is -2.13. The number of halogens is 1. The molecule has 0 saturated carbocycles. The molecule has 88 valence electrons. The maximum Gasteiger partial charge on any atom is 0.123 e. The first-order valence-electron chi connectivity index (χ1n) is 5.86. The molecule has 0 radical (unpaired) electrons. The first-order valence-corrected chi connectivity index (χ1v) is 6.65. The van der Waals surface area contributed by atoms with Gasteiger partial charge in [0.15, 0.2) is 0 Å². The van der Waals surface area contributed by atoms with E-state index in [1.54, 1.807) is 7.11 Å². The second-order valence-electron chi connectivity index (χ2n) is 4.19. The van der Waals surface area contributed by atoms with Crippen molar-refractivity contribution in [2.45, 2.75) is 32.2 Å². The van der Waals surface area contributed by atoms with Gasteiger partial charge < -0.3 is 10.1 Å². The minimum absolute atomic E-state index is 0.496. The second kappa shape index (κ2) is 5.19. The fourth-order valence-corrected chi connectivity index (χ4v) is 3.07. The zero-order valence-electron chi connectivity index (χ0n) is 9.85. The Morgan fingerprint density at radius 3 is 2.88 bits per heavy atom. The molecule has 1 aromatic carbocycles. The van der Waals surface area contributed by atoms with Crippen molar-refractivity contribution in [3.8, 4) is 5.75 Å². The van der Waals surface area contributed by atoms with Gasteiger partial charge in [0.25, 0.3) is 0 Å². The van der Waals surface area contributed by atoms with Crippen molar-refractivity contribution < 1.29 is 4.74 Å². The Morgan fingerprint density at radius 1 is 1.50 bits per heavy atom. The monoisotopic (exact) mass is 283 g/mol. The highest BCUT2D eigenvalue weighted by atomic mass is 79.9. The van der Waals surface area contributed by atoms with Gasteiger partial charge in [0.05, 0.1) is 7.11 Å². The Hall–Kier alpha value is -0.540. The van der Waals surface area contributed by atoms with E-state index in [0.717, 1.165) is 23.2 Å². The summed E-state index contributed by atoms with van der Waals surface area (Å²) >= 11 is 3.64. The van der Waals surface area contributed by atoms with Crippen LogP contribution >= 0.6 is 15.9 Å². The quantitative estimate of drug-likeness (QED) is 0.918. The lowest BCUT2D eigenvalue weighted by molar-refractivity contribution is 0.408. The van der Waals surface area contributed by atoms with Crippen LogP contribution in [0.2, 0.25) is 0 Å². The second-order valence-corrected chi connectivity index (χ2v) is 5.04. The molecule has 1 fully saturated rings. The molecule has 16 heavy (non-hydrogen) atoms. The summed E-state index contributed by atoms with van der Waals surface area (Å²) < 4.78 is 6.62. The third-order valence-electron chi connectivity index (χ3n) is 3.21. The van der Waals surface area contributed by atoms with E-state index in [1.165, 1.54) is 24.0 Å². The van der Waals surface area contributed by atoms with Crippen molar-refractivity contribution >= 4 is 15.9 Å². The van der Waals surface area contributed by atoms with Crippen molar-refractivity contribution in [3.63, 3.8) is 0 Å². The van der Waals surface area contributed by atoms with Crippen LogP contribution < -0.4 is 10.1 Å². The first kappa shape index (κ1) is 11.9. The van der Waals surface area contributed by atoms with Crippen molar-refractivity contribution in [2.24, 2.45) is 0 Å². The SMILES string of the molecule is CCc1c(Br)cc(C2CCCN2)cc1OC. The van der Waals surface area contributed by atoms with Gasteiger partial charge in [0, 0.05) is 16.1 Å². The van der Waals surface area contributed by atoms with Crippen LogP contribution in [0.4, 0.5) is 0 Å². The average molecular weight is 284 g/mol. The molecule has 1 N–H and O–H groups in total. The molecule has 1 unspecified atom stereocenters. The van der Waals surface area contributed by atoms with E-state index in [1.807, 2.05) is 0 Å². The van der Waals surface area contributed by atoms with Crippen molar-refractivity contribution in [1.82, 2.24) is 5.32 Å². The van der Waals surface area contributed by atoms with Crippen LogP contribution in [0.3, 0.4) is 0 Å². The van der Waals surface area contributed by atoms with Crippen LogP contribution in [0.15, 0.2) is 16.6 Å². The summed E-state index contributed by atoms with van der Waals surface area (Å²) in [6.07, 6.45) is 3.48. The molecule has 0 aliphatic carbocycles. The summed E-state index contributed by atoms with van der Waals surface area (Å²) in [5, 5.41) is 3.51. The topological polar surface area (TPSA) is 21.3 Å². The standard InChI is InChI=1S/C13H18BrNO/c1-3-10-11(14)7-9(8-13(10)16-2)12-5-4-6-15-12/h7-8,12,15H,3-6H2,1-2H3. The molecule has 1 atom stereocenters. The largest absolute Gasteiger partial charge is 0.496 e. The highest BCUT2D eigenvalue weighted by Gasteiger charge is 2.18. The van der Waals surface area contributed by atoms with Gasteiger partial charge in [-0.3, -0.25) is 0 Å². The van der Waals surface area contributed by atoms with Gasteiger partial charge in [0.1, 0.15) is 5.75 Å². The zero-order chi connectivity index (χ0) is 11.5. The summed E-state index contributed by atoms with van der Waals surface area (Å²) in [4.78, 5) is 0. The number of methoxy groups -OCH3 is 1. The molecule has 2 nitrogen and oxygen atoms in total. The Kier molecular flexibility index (Phi) is 3.87. The van der Waals surface area contributed by atoms with E-state index >= 15 is 0 Å². The fourth-order valence-electron chi connectivity index (χ4n) is 2.33. The predicted molar refractivity (Wildman–Crippen MR) is 70.0 cm³/mol. The Morgan fingerprint density at radius 2 is 2.31 bits per heavy atom. The highest BCUT2D eigenvalue weighted by Crippen LogP contribution is 2.34. The van der Waals surface area contributed by atoms with Gasteiger partial charge in [-0.15, -0.1) is 0 Å². The summed E-state index contributed by atoms with van der Waals surface area (Å²) in [6, 6.07) is 4.90. The summed E-state index contributed by atoms with van der Waals surface area (Å²) in [5.41, 5.74) is 2.59. The molecule has 1 saturated heterocycles. The summed E-state index contributed by atoms with van der Waals surface area (Å²) in [7, 11) is 1.74. The van der Waals surface area contributed by atoms with Crippen LogP contribution in [0.5, 0.6) is 5.75 Å². The van der Waals surface area contributed by atoms with Crippen LogP contribution in [-0.2, 0) is 6.42 Å². The Balaban J connectivity index is 2.36. The van der Waals surface area contributed by atoms with Gasteiger partial charge in [-0.2, -0.15) is 0 Å². The molecule has 1 aromatic rings. The zero-order valence-corrected chi connectivity index (χ0v) is 11.4. The maximum absolute atomic E-state index is 5.46. The summed E-state index contributed by atoms with van der Waals surface area (Å²) in [6.45, 7) is 3.27. The molecule has 3 heteroatoms. The third-order valence-corrected chi connectivity index (χ3v) is 3.92. The number of hydrogen-bond donors (Lipinski definition) is 1. The molecule has 0 amide bonds. The minimum atomic E-state index is 0.496. The Labute approximate surface area is 106 Å². The van der Waals surface area contributed by atoms with Crippen LogP contribution in [0.25, 0.3) is 0 Å². The van der Waals surface area contributed by atoms with E-state index < -0.39 is 0 Å². The highest BCUT2D eigenvalue weighted by molar-refractivity contribution is 9.10. The molecule has 0 bridgehead atoms. The molecule has 0 spiro atoms. The molecular weight excluding hydrogens is 266 g/mol. The number of nitrogens with one attached hydrogen (secondary N) is 1. The number of hydrogen-bond acceptors (Lipinski definition) is 2. The van der Waals surface area contributed by atoms with Crippen LogP contribution in [0.1, 0.15) is 36.9 Å². The number of benzene rings is 1. The molecule has 1 aliphatic heterocycles. The van der Waals surface area contributed by atoms with Crippen LogP contribution in [-0.4, -0.2) is 13.7 Å². The lowest BCUT2D eigenvalue weighted by Gasteiger charge is -2.16. The van der Waals surface area contributed by atoms with Gasteiger partial charge in [-0.05, 0) is 43.5 Å². The fraction of sp³-hybridized carbons (Fsp3) is 0.538. The van der Waals surface area contributed by atoms with E-state index in [2.05, 4.69) is 40.3 Å². The van der Waals surface area contributed by atoms with Gasteiger partial charge >= 0.3 is 0 Å². The molecular formula is C13H18BrNO. The smallest absolute Gasteiger partial charge is 0.123 e. The maximum atomic E-state index is 5.46. The average Bonchev–Trinajstić information content (AvgIpc) is 2.81. The normalized spacial score (nSPS) is 20.1. The van der Waals surface area contributed by atoms with E-state index in [9.17, 15) is 0 Å². The summed E-state index contributed by atoms with van der Waals surface area (Å²) in [5.74, 6) is 1.00. The van der Waals surface area contributed by atoms with Crippen molar-refractivity contribution in [3.05, 3.63) is 27.7 Å².